The van der Waals surface area contributed by atoms with Crippen LogP contribution in [-0.2, 0) is 14.3 Å². The molecular formula is C25H37N3O4. The molecule has 2 heterocycles. The topological polar surface area (TPSA) is 79.9 Å². The van der Waals surface area contributed by atoms with Crippen molar-refractivity contribution in [3.05, 3.63) is 29.8 Å². The Morgan fingerprint density at radius 2 is 1.78 bits per heavy atom. The second-order valence-electron chi connectivity index (χ2n) is 10.5. The molecular weight excluding hydrogens is 406 g/mol. The standard InChI is InChI=1S/C25H37N3O4/c1-25(2,3)32-24(30)28-14-17-13-20(23(29)31-4)22(27-21(17)15-28)16-9-11-19(12-10-16)26-18-7-5-6-8-18/h9-12,17-18,20-22,26-27H,5-8,13-15H2,1-4H3/t17?,20-,21+,22-/m0/s1. The molecule has 1 unspecified atom stereocenters. The Hall–Kier alpha value is -2.28. The van der Waals surface area contributed by atoms with Gasteiger partial charge in [0.15, 0.2) is 0 Å². The molecule has 176 valence electrons. The Morgan fingerprint density at radius 3 is 2.41 bits per heavy atom. The van der Waals surface area contributed by atoms with E-state index in [1.807, 2.05) is 20.8 Å². The van der Waals surface area contributed by atoms with Crippen LogP contribution in [0.3, 0.4) is 0 Å². The fraction of sp³-hybridized carbons (Fsp3) is 0.680. The summed E-state index contributed by atoms with van der Waals surface area (Å²) in [4.78, 5) is 27.0. The average Bonchev–Trinajstić information content (AvgIpc) is 3.41. The van der Waals surface area contributed by atoms with Gasteiger partial charge in [-0.2, -0.15) is 0 Å². The Morgan fingerprint density at radius 1 is 1.09 bits per heavy atom. The van der Waals surface area contributed by atoms with Crippen molar-refractivity contribution in [2.45, 2.75) is 76.6 Å². The van der Waals surface area contributed by atoms with E-state index in [4.69, 9.17) is 9.47 Å². The van der Waals surface area contributed by atoms with Crippen LogP contribution in [-0.4, -0.2) is 54.8 Å². The lowest BCUT2D eigenvalue weighted by molar-refractivity contribution is -0.148. The highest BCUT2D eigenvalue weighted by molar-refractivity contribution is 5.74. The number of piperidine rings is 1. The number of nitrogens with zero attached hydrogens (tertiary/aromatic N) is 1. The van der Waals surface area contributed by atoms with Crippen LogP contribution in [0.2, 0.25) is 0 Å². The molecule has 3 fully saturated rings. The summed E-state index contributed by atoms with van der Waals surface area (Å²) < 4.78 is 10.7. The van der Waals surface area contributed by atoms with E-state index >= 15 is 0 Å². The minimum Gasteiger partial charge on any atom is -0.469 e. The third-order valence-electron chi connectivity index (χ3n) is 6.95. The van der Waals surface area contributed by atoms with Crippen molar-refractivity contribution >= 4 is 17.7 Å². The Bertz CT molecular complexity index is 813. The summed E-state index contributed by atoms with van der Waals surface area (Å²) >= 11 is 0. The molecule has 7 nitrogen and oxygen atoms in total. The largest absolute Gasteiger partial charge is 0.469 e. The first-order valence-electron chi connectivity index (χ1n) is 11.9. The summed E-state index contributed by atoms with van der Waals surface area (Å²) in [6.07, 6.45) is 5.45. The van der Waals surface area contributed by atoms with Crippen molar-refractivity contribution in [3.8, 4) is 0 Å². The molecule has 2 saturated heterocycles. The van der Waals surface area contributed by atoms with Crippen molar-refractivity contribution in [1.82, 2.24) is 10.2 Å². The number of carbonyl (C=O) groups excluding carboxylic acids is 2. The summed E-state index contributed by atoms with van der Waals surface area (Å²) in [5.41, 5.74) is 1.68. The Labute approximate surface area is 191 Å². The first-order chi connectivity index (χ1) is 15.2. The molecule has 1 aromatic carbocycles. The van der Waals surface area contributed by atoms with Gasteiger partial charge < -0.3 is 25.0 Å². The molecule has 2 aliphatic heterocycles. The molecule has 0 aromatic heterocycles. The maximum absolute atomic E-state index is 12.7. The first kappa shape index (κ1) is 22.9. The molecule has 1 amide bonds. The molecule has 4 atom stereocenters. The molecule has 0 radical (unpaired) electrons. The molecule has 7 heteroatoms. The van der Waals surface area contributed by atoms with E-state index in [0.29, 0.717) is 25.6 Å². The Kier molecular flexibility index (Phi) is 6.65. The van der Waals surface area contributed by atoms with Crippen LogP contribution in [0, 0.1) is 11.8 Å². The van der Waals surface area contributed by atoms with Gasteiger partial charge in [-0.15, -0.1) is 0 Å². The fourth-order valence-electron chi connectivity index (χ4n) is 5.39. The molecule has 0 spiro atoms. The number of hydrogen-bond acceptors (Lipinski definition) is 6. The fourth-order valence-corrected chi connectivity index (χ4v) is 5.39. The third kappa shape index (κ3) is 5.20. The van der Waals surface area contributed by atoms with Gasteiger partial charge in [0.05, 0.1) is 13.0 Å². The van der Waals surface area contributed by atoms with Crippen molar-refractivity contribution < 1.29 is 19.1 Å². The van der Waals surface area contributed by atoms with Crippen LogP contribution >= 0.6 is 0 Å². The van der Waals surface area contributed by atoms with Crippen molar-refractivity contribution in [3.63, 3.8) is 0 Å². The van der Waals surface area contributed by atoms with Gasteiger partial charge in [-0.3, -0.25) is 4.79 Å². The van der Waals surface area contributed by atoms with E-state index in [1.165, 1.54) is 32.8 Å². The third-order valence-corrected chi connectivity index (χ3v) is 6.95. The monoisotopic (exact) mass is 443 g/mol. The smallest absolute Gasteiger partial charge is 0.410 e. The number of rotatable bonds is 4. The molecule has 1 aliphatic carbocycles. The number of benzene rings is 1. The van der Waals surface area contributed by atoms with Gasteiger partial charge in [-0.1, -0.05) is 25.0 Å². The zero-order chi connectivity index (χ0) is 22.9. The Balaban J connectivity index is 1.46. The molecule has 1 aromatic rings. The molecule has 32 heavy (non-hydrogen) atoms. The second-order valence-corrected chi connectivity index (χ2v) is 10.5. The summed E-state index contributed by atoms with van der Waals surface area (Å²) in [6, 6.07) is 8.98. The highest BCUT2D eigenvalue weighted by Crippen LogP contribution is 2.39. The lowest BCUT2D eigenvalue weighted by Crippen LogP contribution is -2.49. The number of ether oxygens (including phenoxy) is 2. The highest BCUT2D eigenvalue weighted by Gasteiger charge is 2.47. The van der Waals surface area contributed by atoms with Crippen LogP contribution in [0.4, 0.5) is 10.5 Å². The number of likely N-dealkylation sites (tertiary alicyclic amines) is 1. The van der Waals surface area contributed by atoms with Gasteiger partial charge >= 0.3 is 12.1 Å². The number of esters is 1. The van der Waals surface area contributed by atoms with Gasteiger partial charge in [0.25, 0.3) is 0 Å². The zero-order valence-electron chi connectivity index (χ0n) is 19.7. The predicted molar refractivity (Wildman–Crippen MR) is 123 cm³/mol. The van der Waals surface area contributed by atoms with Gasteiger partial charge in [-0.25, -0.2) is 4.79 Å². The van der Waals surface area contributed by atoms with Crippen molar-refractivity contribution in [1.29, 1.82) is 0 Å². The van der Waals surface area contributed by atoms with Gasteiger partial charge in [-0.05, 0) is 63.6 Å². The number of fused-ring (bicyclic) bond motifs is 1. The molecule has 3 aliphatic rings. The van der Waals surface area contributed by atoms with Crippen LogP contribution in [0.1, 0.15) is 64.5 Å². The molecule has 2 N–H and O–H groups in total. The number of nitrogens with one attached hydrogen (secondary N) is 2. The van der Waals surface area contributed by atoms with E-state index in [1.54, 1.807) is 4.90 Å². The first-order valence-corrected chi connectivity index (χ1v) is 11.9. The predicted octanol–water partition coefficient (Wildman–Crippen LogP) is 4.10. The van der Waals surface area contributed by atoms with Gasteiger partial charge in [0.1, 0.15) is 5.60 Å². The van der Waals surface area contributed by atoms with E-state index in [9.17, 15) is 9.59 Å². The van der Waals surface area contributed by atoms with E-state index < -0.39 is 5.60 Å². The minimum atomic E-state index is -0.524. The lowest BCUT2D eigenvalue weighted by atomic mass is 9.78. The summed E-state index contributed by atoms with van der Waals surface area (Å²) in [6.45, 7) is 6.81. The molecule has 0 bridgehead atoms. The van der Waals surface area contributed by atoms with E-state index in [-0.39, 0.29) is 36.0 Å². The van der Waals surface area contributed by atoms with E-state index in [2.05, 4.69) is 34.9 Å². The number of carbonyl (C=O) groups is 2. The normalized spacial score (nSPS) is 28.3. The van der Waals surface area contributed by atoms with E-state index in [0.717, 1.165) is 11.3 Å². The lowest BCUT2D eigenvalue weighted by Gasteiger charge is -2.38. The number of anilines is 1. The molecule has 4 rings (SSSR count). The number of methoxy groups -OCH3 is 1. The van der Waals surface area contributed by atoms with Crippen molar-refractivity contribution in [2.24, 2.45) is 11.8 Å². The van der Waals surface area contributed by atoms with Crippen LogP contribution in [0.25, 0.3) is 0 Å². The number of hydrogen-bond donors (Lipinski definition) is 2. The minimum absolute atomic E-state index is 0.129. The van der Waals surface area contributed by atoms with Crippen LogP contribution < -0.4 is 10.6 Å². The summed E-state index contributed by atoms with van der Waals surface area (Å²) in [5, 5.41) is 7.29. The number of amides is 1. The van der Waals surface area contributed by atoms with Gasteiger partial charge in [0, 0.05) is 36.9 Å². The zero-order valence-corrected chi connectivity index (χ0v) is 19.7. The second kappa shape index (κ2) is 9.30. The SMILES string of the molecule is COC(=O)[C@H]1CC2CN(C(=O)OC(C)(C)C)C[C@H]2N[C@H]1c1ccc(NC2CCCC2)cc1. The average molecular weight is 444 g/mol. The van der Waals surface area contributed by atoms with Crippen LogP contribution in [0.5, 0.6) is 0 Å². The van der Waals surface area contributed by atoms with Crippen LogP contribution in [0.15, 0.2) is 24.3 Å². The maximum Gasteiger partial charge on any atom is 0.410 e. The van der Waals surface area contributed by atoms with Gasteiger partial charge in [0.2, 0.25) is 0 Å². The summed E-state index contributed by atoms with van der Waals surface area (Å²) in [7, 11) is 1.45. The maximum atomic E-state index is 12.7. The van der Waals surface area contributed by atoms with Crippen molar-refractivity contribution in [2.75, 3.05) is 25.5 Å². The quantitative estimate of drug-likeness (QED) is 0.682. The molecule has 1 saturated carbocycles. The highest BCUT2D eigenvalue weighted by atomic mass is 16.6. The summed E-state index contributed by atoms with van der Waals surface area (Å²) in [5.74, 6) is -0.288.